The fourth-order valence-electron chi connectivity index (χ4n) is 1.84. The molecular weight excluding hydrogens is 264 g/mol. The maximum Gasteiger partial charge on any atom is 0.248 e. The van der Waals surface area contributed by atoms with Crippen LogP contribution in [0.2, 0.25) is 0 Å². The number of carbonyl (C=O) groups is 1. The number of nitrogens with zero attached hydrogens (tertiary/aromatic N) is 1. The lowest BCUT2D eigenvalue weighted by atomic mass is 10.1. The zero-order valence-electron chi connectivity index (χ0n) is 11.3. The highest BCUT2D eigenvalue weighted by Gasteiger charge is 2.02. The summed E-state index contributed by atoms with van der Waals surface area (Å²) in [5.74, 6) is -0.293. The van der Waals surface area contributed by atoms with Crippen molar-refractivity contribution in [3.63, 3.8) is 0 Å². The lowest BCUT2D eigenvalue weighted by Crippen LogP contribution is -2.09. The molecule has 0 spiro atoms. The van der Waals surface area contributed by atoms with Gasteiger partial charge in [0, 0.05) is 17.3 Å². The van der Waals surface area contributed by atoms with Crippen LogP contribution in [0.4, 0.5) is 5.69 Å². The van der Waals surface area contributed by atoms with Gasteiger partial charge in [0.25, 0.3) is 0 Å². The summed E-state index contributed by atoms with van der Waals surface area (Å²) in [5, 5.41) is 20.7. The van der Waals surface area contributed by atoms with Gasteiger partial charge in [-0.1, -0.05) is 30.3 Å². The number of carbonyl (C=O) groups excluding carboxylic acids is 1. The van der Waals surface area contributed by atoms with Crippen molar-refractivity contribution >= 4 is 17.7 Å². The van der Waals surface area contributed by atoms with E-state index in [2.05, 4.69) is 5.32 Å². The second-order valence-electron chi connectivity index (χ2n) is 4.38. The molecule has 0 aliphatic carbocycles. The fraction of sp³-hybridized carbons (Fsp3) is 0.0588. The first kappa shape index (κ1) is 14.5. The smallest absolute Gasteiger partial charge is 0.248 e. The molecular formula is C17H14N2O2. The highest BCUT2D eigenvalue weighted by Crippen LogP contribution is 2.15. The van der Waals surface area contributed by atoms with Crippen molar-refractivity contribution in [2.75, 3.05) is 5.32 Å². The predicted octanol–water partition coefficient (Wildman–Crippen LogP) is 2.70. The summed E-state index contributed by atoms with van der Waals surface area (Å²) in [5.41, 5.74) is 2.56. The Hall–Kier alpha value is -2.90. The first-order valence-electron chi connectivity index (χ1n) is 6.41. The molecule has 0 aliphatic rings. The average molecular weight is 278 g/mol. The minimum Gasteiger partial charge on any atom is -0.392 e. The SMILES string of the molecule is N#Cc1cccc(C=CC(=O)Nc2ccccc2CO)c1. The van der Waals surface area contributed by atoms with Gasteiger partial charge in [0.15, 0.2) is 0 Å². The molecule has 4 nitrogen and oxygen atoms in total. The molecule has 0 saturated carbocycles. The van der Waals surface area contributed by atoms with E-state index in [-0.39, 0.29) is 12.5 Å². The number of aliphatic hydroxyl groups excluding tert-OH is 1. The van der Waals surface area contributed by atoms with Gasteiger partial charge >= 0.3 is 0 Å². The Bertz CT molecular complexity index is 715. The average Bonchev–Trinajstić information content (AvgIpc) is 2.53. The van der Waals surface area contributed by atoms with Crippen LogP contribution >= 0.6 is 0 Å². The molecule has 0 bridgehead atoms. The summed E-state index contributed by atoms with van der Waals surface area (Å²) in [6.45, 7) is -0.135. The van der Waals surface area contributed by atoms with E-state index in [1.807, 2.05) is 12.1 Å². The van der Waals surface area contributed by atoms with Crippen molar-refractivity contribution in [2.24, 2.45) is 0 Å². The highest BCUT2D eigenvalue weighted by molar-refractivity contribution is 6.02. The molecule has 0 atom stereocenters. The van der Waals surface area contributed by atoms with Crippen LogP contribution in [0.25, 0.3) is 6.08 Å². The molecule has 0 aliphatic heterocycles. The summed E-state index contributed by atoms with van der Waals surface area (Å²) in [6, 6.07) is 16.1. The largest absolute Gasteiger partial charge is 0.392 e. The molecule has 0 fully saturated rings. The van der Waals surface area contributed by atoms with Crippen LogP contribution in [-0.4, -0.2) is 11.0 Å². The number of nitriles is 1. The Morgan fingerprint density at radius 1 is 1.24 bits per heavy atom. The van der Waals surface area contributed by atoms with E-state index in [1.54, 1.807) is 48.5 Å². The van der Waals surface area contributed by atoms with Gasteiger partial charge in [-0.05, 0) is 29.8 Å². The first-order chi connectivity index (χ1) is 10.2. The van der Waals surface area contributed by atoms with Gasteiger partial charge in [0.2, 0.25) is 5.91 Å². The second-order valence-corrected chi connectivity index (χ2v) is 4.38. The van der Waals surface area contributed by atoms with Crippen LogP contribution in [0.15, 0.2) is 54.6 Å². The Morgan fingerprint density at radius 3 is 2.81 bits per heavy atom. The van der Waals surface area contributed by atoms with Crippen LogP contribution in [0.3, 0.4) is 0 Å². The number of hydrogen-bond acceptors (Lipinski definition) is 3. The van der Waals surface area contributed by atoms with E-state index >= 15 is 0 Å². The third-order valence-corrected chi connectivity index (χ3v) is 2.89. The maximum absolute atomic E-state index is 11.9. The third-order valence-electron chi connectivity index (χ3n) is 2.89. The zero-order chi connectivity index (χ0) is 15.1. The lowest BCUT2D eigenvalue weighted by Gasteiger charge is -2.06. The van der Waals surface area contributed by atoms with Gasteiger partial charge < -0.3 is 10.4 Å². The van der Waals surface area contributed by atoms with Gasteiger partial charge in [0.05, 0.1) is 18.2 Å². The Kier molecular flexibility index (Phi) is 4.86. The number of para-hydroxylation sites is 1. The molecule has 0 radical (unpaired) electrons. The van der Waals surface area contributed by atoms with Gasteiger partial charge in [-0.25, -0.2) is 0 Å². The van der Waals surface area contributed by atoms with Crippen LogP contribution in [0.1, 0.15) is 16.7 Å². The van der Waals surface area contributed by atoms with E-state index in [0.29, 0.717) is 16.8 Å². The Morgan fingerprint density at radius 2 is 2.05 bits per heavy atom. The summed E-state index contributed by atoms with van der Waals surface area (Å²) < 4.78 is 0. The van der Waals surface area contributed by atoms with Crippen molar-refractivity contribution in [1.29, 1.82) is 5.26 Å². The Balaban J connectivity index is 2.07. The minimum atomic E-state index is -0.293. The standard InChI is InChI=1S/C17H14N2O2/c18-11-14-5-3-4-13(10-14)8-9-17(21)19-16-7-2-1-6-15(16)12-20/h1-10,20H,12H2,(H,19,21). The van der Waals surface area contributed by atoms with Crippen molar-refractivity contribution in [3.8, 4) is 6.07 Å². The van der Waals surface area contributed by atoms with Crippen molar-refractivity contribution < 1.29 is 9.90 Å². The van der Waals surface area contributed by atoms with Crippen molar-refractivity contribution in [1.82, 2.24) is 0 Å². The molecule has 104 valence electrons. The number of rotatable bonds is 4. The molecule has 2 aromatic carbocycles. The second kappa shape index (κ2) is 7.04. The topological polar surface area (TPSA) is 73.1 Å². The molecule has 2 N–H and O–H groups in total. The van der Waals surface area contributed by atoms with Crippen molar-refractivity contribution in [3.05, 3.63) is 71.3 Å². The molecule has 2 rings (SSSR count). The van der Waals surface area contributed by atoms with Gasteiger partial charge in [-0.2, -0.15) is 5.26 Å². The first-order valence-corrected chi connectivity index (χ1v) is 6.41. The number of benzene rings is 2. The number of anilines is 1. The maximum atomic E-state index is 11.9. The highest BCUT2D eigenvalue weighted by atomic mass is 16.3. The number of amides is 1. The lowest BCUT2D eigenvalue weighted by molar-refractivity contribution is -0.111. The zero-order valence-corrected chi connectivity index (χ0v) is 11.3. The molecule has 0 unspecified atom stereocenters. The predicted molar refractivity (Wildman–Crippen MR) is 81.2 cm³/mol. The number of hydrogen-bond donors (Lipinski definition) is 2. The van der Waals surface area contributed by atoms with Crippen LogP contribution in [-0.2, 0) is 11.4 Å². The van der Waals surface area contributed by atoms with Gasteiger partial charge in [-0.15, -0.1) is 0 Å². The van der Waals surface area contributed by atoms with Crippen molar-refractivity contribution in [2.45, 2.75) is 6.61 Å². The molecule has 1 amide bonds. The molecule has 0 aromatic heterocycles. The summed E-state index contributed by atoms with van der Waals surface area (Å²) in [6.07, 6.45) is 3.03. The number of aliphatic hydroxyl groups is 1. The molecule has 0 heterocycles. The van der Waals surface area contributed by atoms with E-state index in [1.165, 1.54) is 6.08 Å². The van der Waals surface area contributed by atoms with Crippen LogP contribution in [0, 0.1) is 11.3 Å². The monoisotopic (exact) mass is 278 g/mol. The molecule has 0 saturated heterocycles. The van der Waals surface area contributed by atoms with Gasteiger partial charge in [-0.3, -0.25) is 4.79 Å². The molecule has 4 heteroatoms. The van der Waals surface area contributed by atoms with E-state index in [4.69, 9.17) is 5.26 Å². The normalized spacial score (nSPS) is 10.3. The van der Waals surface area contributed by atoms with E-state index < -0.39 is 0 Å². The van der Waals surface area contributed by atoms with Crippen LogP contribution < -0.4 is 5.32 Å². The Labute approximate surface area is 123 Å². The number of nitrogens with one attached hydrogen (secondary N) is 1. The van der Waals surface area contributed by atoms with E-state index in [9.17, 15) is 9.90 Å². The minimum absolute atomic E-state index is 0.135. The summed E-state index contributed by atoms with van der Waals surface area (Å²) >= 11 is 0. The van der Waals surface area contributed by atoms with Gasteiger partial charge in [0.1, 0.15) is 0 Å². The summed E-state index contributed by atoms with van der Waals surface area (Å²) in [7, 11) is 0. The molecule has 2 aromatic rings. The quantitative estimate of drug-likeness (QED) is 0.844. The third kappa shape index (κ3) is 4.03. The fourth-order valence-corrected chi connectivity index (χ4v) is 1.84. The van der Waals surface area contributed by atoms with E-state index in [0.717, 1.165) is 5.56 Å². The van der Waals surface area contributed by atoms with Crippen LogP contribution in [0.5, 0.6) is 0 Å². The molecule has 21 heavy (non-hydrogen) atoms. The summed E-state index contributed by atoms with van der Waals surface area (Å²) in [4.78, 5) is 11.9.